The highest BCUT2D eigenvalue weighted by Crippen LogP contribution is 2.49. The van der Waals surface area contributed by atoms with E-state index >= 15 is 0 Å². The molecule has 6 heteroatoms. The van der Waals surface area contributed by atoms with Crippen LogP contribution in [0.3, 0.4) is 0 Å². The van der Waals surface area contributed by atoms with Crippen molar-refractivity contribution in [1.29, 1.82) is 0 Å². The molecule has 1 fully saturated rings. The Morgan fingerprint density at radius 2 is 1.79 bits per heavy atom. The van der Waals surface area contributed by atoms with Crippen molar-refractivity contribution in [2.24, 2.45) is 0 Å². The zero-order valence-corrected chi connectivity index (χ0v) is 13.8. The molecule has 132 valence electrons. The summed E-state index contributed by atoms with van der Waals surface area (Å²) in [6.45, 7) is 3.79. The number of alkyl halides is 3. The molecule has 0 bridgehead atoms. The molecule has 0 aromatic heterocycles. The van der Waals surface area contributed by atoms with Crippen molar-refractivity contribution in [3.05, 3.63) is 47.2 Å². The summed E-state index contributed by atoms with van der Waals surface area (Å²) in [4.78, 5) is 12.0. The maximum atomic E-state index is 13.4. The van der Waals surface area contributed by atoms with Gasteiger partial charge < -0.3 is 9.47 Å². The van der Waals surface area contributed by atoms with Crippen LogP contribution in [0, 0.1) is 0 Å². The van der Waals surface area contributed by atoms with Crippen LogP contribution in [0.2, 0.25) is 0 Å². The van der Waals surface area contributed by atoms with E-state index in [-0.39, 0.29) is 24.5 Å². The Hall–Kier alpha value is -1.98. The third-order valence-electron chi connectivity index (χ3n) is 4.20. The summed E-state index contributed by atoms with van der Waals surface area (Å²) >= 11 is 0. The SMILES string of the molecule is CCOC(=O)/C(=C\C1(c2ccccc2C(F)(F)F)CCC1)OCC. The number of halogens is 3. The number of rotatable bonds is 6. The number of carbonyl (C=O) groups is 1. The van der Waals surface area contributed by atoms with Gasteiger partial charge in [-0.3, -0.25) is 0 Å². The number of carbonyl (C=O) groups excluding carboxylic acids is 1. The minimum absolute atomic E-state index is 0.0176. The van der Waals surface area contributed by atoms with Gasteiger partial charge in [0.25, 0.3) is 0 Å². The number of hydrogen-bond acceptors (Lipinski definition) is 3. The summed E-state index contributed by atoms with van der Waals surface area (Å²) in [5.74, 6) is -0.661. The number of allylic oxidation sites excluding steroid dienone is 1. The van der Waals surface area contributed by atoms with Crippen LogP contribution in [0.25, 0.3) is 0 Å². The van der Waals surface area contributed by atoms with Crippen molar-refractivity contribution in [3.8, 4) is 0 Å². The Balaban J connectivity index is 2.49. The smallest absolute Gasteiger partial charge is 0.416 e. The van der Waals surface area contributed by atoms with Crippen LogP contribution < -0.4 is 0 Å². The van der Waals surface area contributed by atoms with E-state index in [4.69, 9.17) is 9.47 Å². The Kier molecular flexibility index (Phi) is 5.57. The monoisotopic (exact) mass is 342 g/mol. The molecule has 0 saturated heterocycles. The molecule has 1 aromatic rings. The van der Waals surface area contributed by atoms with E-state index in [0.717, 1.165) is 12.5 Å². The van der Waals surface area contributed by atoms with E-state index in [2.05, 4.69) is 0 Å². The van der Waals surface area contributed by atoms with E-state index < -0.39 is 23.1 Å². The quantitative estimate of drug-likeness (QED) is 0.430. The van der Waals surface area contributed by atoms with Gasteiger partial charge in [0.2, 0.25) is 5.76 Å². The molecular formula is C18H21F3O3. The Labute approximate surface area is 139 Å². The second-order valence-corrected chi connectivity index (χ2v) is 5.72. The molecule has 0 aliphatic heterocycles. The van der Waals surface area contributed by atoms with Gasteiger partial charge in [0.15, 0.2) is 0 Å². The van der Waals surface area contributed by atoms with Crippen molar-refractivity contribution in [3.63, 3.8) is 0 Å². The molecule has 1 aromatic carbocycles. The first kappa shape index (κ1) is 18.4. The summed E-state index contributed by atoms with van der Waals surface area (Å²) in [5.41, 5.74) is -1.32. The fraction of sp³-hybridized carbons (Fsp3) is 0.500. The van der Waals surface area contributed by atoms with E-state index in [0.29, 0.717) is 12.8 Å². The molecule has 0 unspecified atom stereocenters. The lowest BCUT2D eigenvalue weighted by molar-refractivity contribution is -0.142. The molecule has 0 atom stereocenters. The molecular weight excluding hydrogens is 321 g/mol. The van der Waals surface area contributed by atoms with Crippen LogP contribution >= 0.6 is 0 Å². The van der Waals surface area contributed by atoms with Gasteiger partial charge in [-0.1, -0.05) is 24.6 Å². The third-order valence-corrected chi connectivity index (χ3v) is 4.20. The number of benzene rings is 1. The Morgan fingerprint density at radius 3 is 2.29 bits per heavy atom. The van der Waals surface area contributed by atoms with E-state index in [1.807, 2.05) is 0 Å². The second-order valence-electron chi connectivity index (χ2n) is 5.72. The van der Waals surface area contributed by atoms with Gasteiger partial charge in [-0.05, 0) is 44.4 Å². The van der Waals surface area contributed by atoms with Crippen molar-refractivity contribution in [2.45, 2.75) is 44.7 Å². The van der Waals surface area contributed by atoms with Gasteiger partial charge in [-0.25, -0.2) is 4.79 Å². The molecule has 24 heavy (non-hydrogen) atoms. The molecule has 0 amide bonds. The predicted octanol–water partition coefficient (Wildman–Crippen LogP) is 4.61. The van der Waals surface area contributed by atoms with Crippen molar-refractivity contribution in [2.75, 3.05) is 13.2 Å². The zero-order chi connectivity index (χ0) is 17.8. The van der Waals surface area contributed by atoms with Crippen molar-refractivity contribution < 1.29 is 27.4 Å². The lowest BCUT2D eigenvalue weighted by atomic mass is 9.63. The van der Waals surface area contributed by atoms with Crippen LogP contribution in [0.5, 0.6) is 0 Å². The molecule has 3 nitrogen and oxygen atoms in total. The third kappa shape index (κ3) is 3.74. The van der Waals surface area contributed by atoms with E-state index in [1.54, 1.807) is 19.9 Å². The molecule has 1 saturated carbocycles. The average molecular weight is 342 g/mol. The first-order chi connectivity index (χ1) is 11.3. The van der Waals surface area contributed by atoms with Crippen molar-refractivity contribution >= 4 is 5.97 Å². The molecule has 0 spiro atoms. The summed E-state index contributed by atoms with van der Waals surface area (Å²) in [7, 11) is 0. The second kappa shape index (κ2) is 7.28. The summed E-state index contributed by atoms with van der Waals surface area (Å²) in [6, 6.07) is 5.52. The molecule has 1 aliphatic carbocycles. The topological polar surface area (TPSA) is 35.5 Å². The number of ether oxygens (including phenoxy) is 2. The fourth-order valence-electron chi connectivity index (χ4n) is 2.98. The average Bonchev–Trinajstić information content (AvgIpc) is 2.49. The van der Waals surface area contributed by atoms with Crippen LogP contribution in [-0.2, 0) is 25.9 Å². The first-order valence-electron chi connectivity index (χ1n) is 8.03. The summed E-state index contributed by atoms with van der Waals surface area (Å²) in [6.07, 6.45) is -1.05. The van der Waals surface area contributed by atoms with E-state index in [9.17, 15) is 18.0 Å². The Bertz CT molecular complexity index is 616. The lowest BCUT2D eigenvalue weighted by Crippen LogP contribution is -2.35. The number of esters is 1. The van der Waals surface area contributed by atoms with Crippen molar-refractivity contribution in [1.82, 2.24) is 0 Å². The normalized spacial score (nSPS) is 17.1. The van der Waals surface area contributed by atoms with Crippen LogP contribution in [0.15, 0.2) is 36.1 Å². The van der Waals surface area contributed by atoms with Gasteiger partial charge in [-0.2, -0.15) is 13.2 Å². The minimum Gasteiger partial charge on any atom is -0.487 e. The highest BCUT2D eigenvalue weighted by Gasteiger charge is 2.44. The Morgan fingerprint density at radius 1 is 1.17 bits per heavy atom. The molecule has 0 N–H and O–H groups in total. The van der Waals surface area contributed by atoms with Gasteiger partial charge >= 0.3 is 12.1 Å². The van der Waals surface area contributed by atoms with Crippen LogP contribution in [0.1, 0.15) is 44.2 Å². The largest absolute Gasteiger partial charge is 0.487 e. The highest BCUT2D eigenvalue weighted by molar-refractivity contribution is 5.86. The predicted molar refractivity (Wildman–Crippen MR) is 83.3 cm³/mol. The summed E-state index contributed by atoms with van der Waals surface area (Å²) < 4.78 is 50.4. The lowest BCUT2D eigenvalue weighted by Gasteiger charge is -2.41. The molecule has 0 radical (unpaired) electrons. The van der Waals surface area contributed by atoms with Gasteiger partial charge in [0, 0.05) is 5.41 Å². The maximum absolute atomic E-state index is 13.4. The van der Waals surface area contributed by atoms with Crippen LogP contribution in [0.4, 0.5) is 13.2 Å². The minimum atomic E-state index is -4.44. The zero-order valence-electron chi connectivity index (χ0n) is 13.8. The molecule has 2 rings (SSSR count). The van der Waals surface area contributed by atoms with Gasteiger partial charge in [-0.15, -0.1) is 0 Å². The van der Waals surface area contributed by atoms with E-state index in [1.165, 1.54) is 18.2 Å². The number of hydrogen-bond donors (Lipinski definition) is 0. The first-order valence-corrected chi connectivity index (χ1v) is 8.03. The summed E-state index contributed by atoms with van der Waals surface area (Å²) in [5, 5.41) is 0. The van der Waals surface area contributed by atoms with Crippen LogP contribution in [-0.4, -0.2) is 19.2 Å². The maximum Gasteiger partial charge on any atom is 0.416 e. The van der Waals surface area contributed by atoms with Gasteiger partial charge in [0.05, 0.1) is 18.8 Å². The fourth-order valence-corrected chi connectivity index (χ4v) is 2.98. The molecule has 0 heterocycles. The standard InChI is InChI=1S/C18H21F3O3/c1-3-23-15(16(22)24-4-2)12-17(10-7-11-17)13-8-5-6-9-14(13)18(19,20)21/h5-6,8-9,12H,3-4,7,10-11H2,1-2H3/b15-12+. The molecule has 1 aliphatic rings. The highest BCUT2D eigenvalue weighted by atomic mass is 19.4. The van der Waals surface area contributed by atoms with Gasteiger partial charge in [0.1, 0.15) is 0 Å².